The lowest BCUT2D eigenvalue weighted by atomic mass is 10.1. The van der Waals surface area contributed by atoms with Crippen LogP contribution in [0.5, 0.6) is 0 Å². The lowest BCUT2D eigenvalue weighted by molar-refractivity contribution is 0.207. The normalized spacial score (nSPS) is 10.3. The molecule has 20 heavy (non-hydrogen) atoms. The molecule has 0 aliphatic rings. The van der Waals surface area contributed by atoms with E-state index in [2.05, 4.69) is 28.2 Å². The zero-order chi connectivity index (χ0) is 14.5. The van der Waals surface area contributed by atoms with Crippen molar-refractivity contribution in [2.45, 2.75) is 20.0 Å². The van der Waals surface area contributed by atoms with E-state index >= 15 is 0 Å². The van der Waals surface area contributed by atoms with E-state index in [-0.39, 0.29) is 6.03 Å². The largest absolute Gasteiger partial charge is 0.334 e. The first-order chi connectivity index (χ1) is 9.54. The average molecular weight is 353 g/mol. The van der Waals surface area contributed by atoms with E-state index in [4.69, 9.17) is 0 Å². The van der Waals surface area contributed by atoms with Crippen LogP contribution >= 0.6 is 27.3 Å². The molecular formula is C15H17BrN2OS. The van der Waals surface area contributed by atoms with Crippen molar-refractivity contribution in [2.75, 3.05) is 7.05 Å². The summed E-state index contributed by atoms with van der Waals surface area (Å²) in [4.78, 5) is 14.8. The standard InChI is InChI=1S/C15H17BrN2OS/c1-11-3-5-12(6-4-11)9-17-15(19)18(2)10-13-7-8-14(16)20-13/h3-8H,9-10H2,1-2H3,(H,17,19). The highest BCUT2D eigenvalue weighted by atomic mass is 79.9. The van der Waals surface area contributed by atoms with Crippen LogP contribution in [0.3, 0.4) is 0 Å². The summed E-state index contributed by atoms with van der Waals surface area (Å²) < 4.78 is 1.08. The Balaban J connectivity index is 1.83. The molecule has 0 saturated carbocycles. The molecule has 0 unspecified atom stereocenters. The van der Waals surface area contributed by atoms with Crippen molar-refractivity contribution >= 4 is 33.3 Å². The Hall–Kier alpha value is -1.33. The first kappa shape index (κ1) is 15.1. The minimum absolute atomic E-state index is 0.0601. The monoisotopic (exact) mass is 352 g/mol. The Morgan fingerprint density at radius 1 is 1.25 bits per heavy atom. The van der Waals surface area contributed by atoms with Gasteiger partial charge in [-0.2, -0.15) is 0 Å². The molecule has 1 aromatic carbocycles. The molecule has 3 nitrogen and oxygen atoms in total. The van der Waals surface area contributed by atoms with E-state index in [1.807, 2.05) is 36.4 Å². The van der Waals surface area contributed by atoms with Gasteiger partial charge in [0.15, 0.2) is 0 Å². The number of nitrogens with zero attached hydrogens (tertiary/aromatic N) is 1. The van der Waals surface area contributed by atoms with Gasteiger partial charge in [-0.3, -0.25) is 0 Å². The number of aryl methyl sites for hydroxylation is 1. The summed E-state index contributed by atoms with van der Waals surface area (Å²) in [6, 6.07) is 12.1. The number of halogens is 1. The molecule has 1 aromatic heterocycles. The quantitative estimate of drug-likeness (QED) is 0.880. The number of thiophene rings is 1. The Bertz CT molecular complexity index is 580. The fourth-order valence-corrected chi connectivity index (χ4v) is 3.30. The van der Waals surface area contributed by atoms with Crippen LogP contribution in [0, 0.1) is 6.92 Å². The predicted molar refractivity (Wildman–Crippen MR) is 86.9 cm³/mol. The number of rotatable bonds is 4. The fraction of sp³-hybridized carbons (Fsp3) is 0.267. The summed E-state index contributed by atoms with van der Waals surface area (Å²) in [7, 11) is 1.80. The van der Waals surface area contributed by atoms with Gasteiger partial charge in [0.25, 0.3) is 0 Å². The minimum Gasteiger partial charge on any atom is -0.334 e. The van der Waals surface area contributed by atoms with Crippen LogP contribution in [-0.2, 0) is 13.1 Å². The number of benzene rings is 1. The number of hydrogen-bond donors (Lipinski definition) is 1. The van der Waals surface area contributed by atoms with Crippen LogP contribution in [-0.4, -0.2) is 18.0 Å². The van der Waals surface area contributed by atoms with E-state index in [9.17, 15) is 4.79 Å². The summed E-state index contributed by atoms with van der Waals surface area (Å²) >= 11 is 5.07. The maximum Gasteiger partial charge on any atom is 0.317 e. The van der Waals surface area contributed by atoms with E-state index in [0.717, 1.165) is 14.2 Å². The number of carbonyl (C=O) groups excluding carboxylic acids is 1. The van der Waals surface area contributed by atoms with Gasteiger partial charge in [-0.1, -0.05) is 29.8 Å². The number of amides is 2. The topological polar surface area (TPSA) is 32.3 Å². The summed E-state index contributed by atoms with van der Waals surface area (Å²) in [6.45, 7) is 3.23. The third kappa shape index (κ3) is 4.35. The van der Waals surface area contributed by atoms with Gasteiger partial charge < -0.3 is 10.2 Å². The molecule has 0 fully saturated rings. The van der Waals surface area contributed by atoms with Gasteiger partial charge in [-0.15, -0.1) is 11.3 Å². The van der Waals surface area contributed by atoms with Crippen LogP contribution in [0.2, 0.25) is 0 Å². The Morgan fingerprint density at radius 3 is 2.55 bits per heavy atom. The highest BCUT2D eigenvalue weighted by Crippen LogP contribution is 2.22. The van der Waals surface area contributed by atoms with Gasteiger partial charge in [-0.25, -0.2) is 4.79 Å². The van der Waals surface area contributed by atoms with E-state index in [0.29, 0.717) is 13.1 Å². The van der Waals surface area contributed by atoms with Crippen LogP contribution < -0.4 is 5.32 Å². The van der Waals surface area contributed by atoms with E-state index in [1.54, 1.807) is 23.3 Å². The molecule has 0 saturated heterocycles. The predicted octanol–water partition coefficient (Wildman–Crippen LogP) is 4.16. The number of nitrogens with one attached hydrogen (secondary N) is 1. The van der Waals surface area contributed by atoms with Crippen molar-refractivity contribution in [1.82, 2.24) is 10.2 Å². The van der Waals surface area contributed by atoms with Crippen LogP contribution in [0.1, 0.15) is 16.0 Å². The average Bonchev–Trinajstić information content (AvgIpc) is 2.83. The van der Waals surface area contributed by atoms with Gasteiger partial charge in [0.1, 0.15) is 0 Å². The van der Waals surface area contributed by atoms with Crippen molar-refractivity contribution in [2.24, 2.45) is 0 Å². The highest BCUT2D eigenvalue weighted by Gasteiger charge is 2.09. The van der Waals surface area contributed by atoms with Gasteiger partial charge in [0, 0.05) is 18.5 Å². The molecular weight excluding hydrogens is 336 g/mol. The lowest BCUT2D eigenvalue weighted by Crippen LogP contribution is -2.36. The fourth-order valence-electron chi connectivity index (χ4n) is 1.76. The Labute approximate surface area is 131 Å². The molecule has 2 rings (SSSR count). The second-order valence-electron chi connectivity index (χ2n) is 4.71. The zero-order valence-corrected chi connectivity index (χ0v) is 13.9. The number of carbonyl (C=O) groups is 1. The molecule has 0 spiro atoms. The van der Waals surface area contributed by atoms with Gasteiger partial charge in [0.2, 0.25) is 0 Å². The van der Waals surface area contributed by atoms with Crippen molar-refractivity contribution < 1.29 is 4.79 Å². The molecule has 2 aromatic rings. The van der Waals surface area contributed by atoms with Crippen molar-refractivity contribution in [3.8, 4) is 0 Å². The van der Waals surface area contributed by atoms with Gasteiger partial charge >= 0.3 is 6.03 Å². The summed E-state index contributed by atoms with van der Waals surface area (Å²) in [6.07, 6.45) is 0. The third-order valence-electron chi connectivity index (χ3n) is 2.93. The molecule has 5 heteroatoms. The van der Waals surface area contributed by atoms with Crippen LogP contribution in [0.25, 0.3) is 0 Å². The molecule has 2 amide bonds. The maximum absolute atomic E-state index is 12.0. The maximum atomic E-state index is 12.0. The molecule has 106 valence electrons. The first-order valence-corrected chi connectivity index (χ1v) is 7.94. The number of urea groups is 1. The van der Waals surface area contributed by atoms with Crippen molar-refractivity contribution in [1.29, 1.82) is 0 Å². The number of hydrogen-bond acceptors (Lipinski definition) is 2. The third-order valence-corrected chi connectivity index (χ3v) is 4.54. The highest BCUT2D eigenvalue weighted by molar-refractivity contribution is 9.11. The van der Waals surface area contributed by atoms with Crippen molar-refractivity contribution in [3.63, 3.8) is 0 Å². The minimum atomic E-state index is -0.0601. The molecule has 0 atom stereocenters. The molecule has 0 aliphatic carbocycles. The Morgan fingerprint density at radius 2 is 1.95 bits per heavy atom. The molecule has 1 N–H and O–H groups in total. The van der Waals surface area contributed by atoms with Gasteiger partial charge in [0.05, 0.1) is 10.3 Å². The molecule has 0 bridgehead atoms. The van der Waals surface area contributed by atoms with Crippen LogP contribution in [0.4, 0.5) is 4.79 Å². The first-order valence-electron chi connectivity index (χ1n) is 6.33. The van der Waals surface area contributed by atoms with Crippen LogP contribution in [0.15, 0.2) is 40.2 Å². The van der Waals surface area contributed by atoms with E-state index < -0.39 is 0 Å². The SMILES string of the molecule is Cc1ccc(CNC(=O)N(C)Cc2ccc(Br)s2)cc1. The zero-order valence-electron chi connectivity index (χ0n) is 11.5. The lowest BCUT2D eigenvalue weighted by Gasteiger charge is -2.17. The smallest absolute Gasteiger partial charge is 0.317 e. The summed E-state index contributed by atoms with van der Waals surface area (Å²) in [5.41, 5.74) is 2.33. The molecule has 0 aliphatic heterocycles. The second kappa shape index (κ2) is 6.90. The Kier molecular flexibility index (Phi) is 5.20. The summed E-state index contributed by atoms with van der Waals surface area (Å²) in [5.74, 6) is 0. The van der Waals surface area contributed by atoms with Gasteiger partial charge in [-0.05, 0) is 40.5 Å². The van der Waals surface area contributed by atoms with Crippen molar-refractivity contribution in [3.05, 3.63) is 56.2 Å². The second-order valence-corrected chi connectivity index (χ2v) is 7.25. The van der Waals surface area contributed by atoms with E-state index in [1.165, 1.54) is 5.56 Å². The molecule has 0 radical (unpaired) electrons. The molecule has 1 heterocycles. The summed E-state index contributed by atoms with van der Waals surface area (Å²) in [5, 5.41) is 2.93.